The molecule has 3 aromatic rings. The Morgan fingerprint density at radius 1 is 0.857 bits per heavy atom. The van der Waals surface area contributed by atoms with Crippen molar-refractivity contribution in [2.24, 2.45) is 0 Å². The molecule has 0 aliphatic heterocycles. The predicted molar refractivity (Wildman–Crippen MR) is 85.9 cm³/mol. The second kappa shape index (κ2) is 5.49. The van der Waals surface area contributed by atoms with E-state index < -0.39 is 0 Å². The van der Waals surface area contributed by atoms with E-state index in [1.54, 1.807) is 6.07 Å². The molecule has 2 heteroatoms. The van der Waals surface area contributed by atoms with Crippen molar-refractivity contribution in [1.29, 1.82) is 0 Å². The summed E-state index contributed by atoms with van der Waals surface area (Å²) in [4.78, 5) is 0. The maximum absolute atomic E-state index is 10.1. The zero-order chi connectivity index (χ0) is 14.8. The van der Waals surface area contributed by atoms with Crippen LogP contribution >= 0.6 is 0 Å². The largest absolute Gasteiger partial charge is 0.504 e. The monoisotopic (exact) mass is 278 g/mol. The minimum Gasteiger partial charge on any atom is -0.504 e. The number of benzene rings is 3. The number of aromatic hydroxyl groups is 1. The normalized spacial score (nSPS) is 10.8. The van der Waals surface area contributed by atoms with Gasteiger partial charge in [0.25, 0.3) is 0 Å². The molecule has 0 unspecified atom stereocenters. The molecule has 0 aliphatic carbocycles. The molecule has 3 aromatic carbocycles. The molecule has 0 atom stereocenters. The summed E-state index contributed by atoms with van der Waals surface area (Å²) in [6.07, 6.45) is 0. The third kappa shape index (κ3) is 2.70. The molecule has 0 aliphatic rings. The number of hydrogen-bond acceptors (Lipinski definition) is 2. The molecule has 21 heavy (non-hydrogen) atoms. The van der Waals surface area contributed by atoms with E-state index in [2.05, 4.69) is 26.0 Å². The van der Waals surface area contributed by atoms with Crippen LogP contribution in [0.4, 0.5) is 0 Å². The van der Waals surface area contributed by atoms with E-state index >= 15 is 0 Å². The third-order valence-electron chi connectivity index (χ3n) is 3.84. The van der Waals surface area contributed by atoms with E-state index in [0.29, 0.717) is 12.4 Å². The van der Waals surface area contributed by atoms with Gasteiger partial charge in [-0.25, -0.2) is 0 Å². The second-order valence-corrected chi connectivity index (χ2v) is 5.33. The van der Waals surface area contributed by atoms with Gasteiger partial charge < -0.3 is 9.84 Å². The van der Waals surface area contributed by atoms with Crippen molar-refractivity contribution in [2.45, 2.75) is 20.5 Å². The lowest BCUT2D eigenvalue weighted by Crippen LogP contribution is -2.00. The highest BCUT2D eigenvalue weighted by Crippen LogP contribution is 2.32. The van der Waals surface area contributed by atoms with Crippen molar-refractivity contribution in [3.63, 3.8) is 0 Å². The Labute approximate surface area is 124 Å². The molecule has 2 nitrogen and oxygen atoms in total. The van der Waals surface area contributed by atoms with Gasteiger partial charge in [-0.1, -0.05) is 42.5 Å². The number of phenolic OH excluding ortho intramolecular Hbond substituents is 1. The second-order valence-electron chi connectivity index (χ2n) is 5.33. The smallest absolute Gasteiger partial charge is 0.162 e. The SMILES string of the molecule is Cc1cccc(C)c1COc1cc2ccccc2cc1O. The maximum atomic E-state index is 10.1. The van der Waals surface area contributed by atoms with Crippen LogP contribution in [0.3, 0.4) is 0 Å². The molecule has 0 bridgehead atoms. The average molecular weight is 278 g/mol. The van der Waals surface area contributed by atoms with Crippen molar-refractivity contribution in [2.75, 3.05) is 0 Å². The van der Waals surface area contributed by atoms with Crippen LogP contribution in [0.25, 0.3) is 10.8 Å². The zero-order valence-corrected chi connectivity index (χ0v) is 12.3. The first-order valence-corrected chi connectivity index (χ1v) is 7.05. The van der Waals surface area contributed by atoms with Crippen molar-refractivity contribution in [1.82, 2.24) is 0 Å². The summed E-state index contributed by atoms with van der Waals surface area (Å²) in [6, 6.07) is 17.8. The van der Waals surface area contributed by atoms with Gasteiger partial charge in [0.2, 0.25) is 0 Å². The summed E-state index contributed by atoms with van der Waals surface area (Å²) in [5, 5.41) is 12.2. The molecule has 0 spiro atoms. The molecule has 3 rings (SSSR count). The Morgan fingerprint density at radius 3 is 2.14 bits per heavy atom. The Balaban J connectivity index is 1.90. The van der Waals surface area contributed by atoms with Gasteiger partial charge in [0.15, 0.2) is 11.5 Å². The molecule has 0 amide bonds. The van der Waals surface area contributed by atoms with Crippen LogP contribution in [0, 0.1) is 13.8 Å². The Kier molecular flexibility index (Phi) is 3.53. The number of phenols is 1. The van der Waals surface area contributed by atoms with Crippen LogP contribution in [0.15, 0.2) is 54.6 Å². The van der Waals surface area contributed by atoms with E-state index in [0.717, 1.165) is 10.8 Å². The molecule has 0 saturated heterocycles. The molecule has 0 saturated carbocycles. The van der Waals surface area contributed by atoms with Gasteiger partial charge >= 0.3 is 0 Å². The highest BCUT2D eigenvalue weighted by atomic mass is 16.5. The Bertz CT molecular complexity index is 770. The van der Waals surface area contributed by atoms with E-state index in [9.17, 15) is 5.11 Å². The lowest BCUT2D eigenvalue weighted by atomic mass is 10.0. The summed E-state index contributed by atoms with van der Waals surface area (Å²) in [7, 11) is 0. The number of aryl methyl sites for hydroxylation is 2. The van der Waals surface area contributed by atoms with Crippen LogP contribution in [0.2, 0.25) is 0 Å². The van der Waals surface area contributed by atoms with Crippen molar-refractivity contribution >= 4 is 10.8 Å². The summed E-state index contributed by atoms with van der Waals surface area (Å²) >= 11 is 0. The fraction of sp³-hybridized carbons (Fsp3) is 0.158. The fourth-order valence-corrected chi connectivity index (χ4v) is 2.55. The lowest BCUT2D eigenvalue weighted by molar-refractivity contribution is 0.288. The number of fused-ring (bicyclic) bond motifs is 1. The summed E-state index contributed by atoms with van der Waals surface area (Å²) in [5.74, 6) is 0.705. The summed E-state index contributed by atoms with van der Waals surface area (Å²) in [5.41, 5.74) is 3.58. The van der Waals surface area contributed by atoms with Crippen molar-refractivity contribution in [3.8, 4) is 11.5 Å². The first kappa shape index (κ1) is 13.5. The molecular formula is C19H18O2. The number of ether oxygens (including phenoxy) is 1. The van der Waals surface area contributed by atoms with E-state index in [4.69, 9.17) is 4.74 Å². The average Bonchev–Trinajstić information content (AvgIpc) is 2.47. The highest BCUT2D eigenvalue weighted by molar-refractivity contribution is 5.85. The quantitative estimate of drug-likeness (QED) is 0.749. The molecule has 0 aromatic heterocycles. The summed E-state index contributed by atoms with van der Waals surface area (Å²) in [6.45, 7) is 4.61. The van der Waals surface area contributed by atoms with Crippen LogP contribution in [-0.4, -0.2) is 5.11 Å². The molecule has 0 fully saturated rings. The lowest BCUT2D eigenvalue weighted by Gasteiger charge is -2.13. The molecule has 0 radical (unpaired) electrons. The van der Waals surface area contributed by atoms with Crippen LogP contribution in [-0.2, 0) is 6.61 Å². The fourth-order valence-electron chi connectivity index (χ4n) is 2.55. The van der Waals surface area contributed by atoms with Gasteiger partial charge in [-0.15, -0.1) is 0 Å². The van der Waals surface area contributed by atoms with Crippen LogP contribution in [0.1, 0.15) is 16.7 Å². The van der Waals surface area contributed by atoms with E-state index in [1.807, 2.05) is 36.4 Å². The van der Waals surface area contributed by atoms with Gasteiger partial charge in [0.05, 0.1) is 0 Å². The highest BCUT2D eigenvalue weighted by Gasteiger charge is 2.07. The summed E-state index contributed by atoms with van der Waals surface area (Å²) < 4.78 is 5.84. The zero-order valence-electron chi connectivity index (χ0n) is 12.3. The topological polar surface area (TPSA) is 29.5 Å². The minimum absolute atomic E-state index is 0.180. The van der Waals surface area contributed by atoms with Gasteiger partial charge in [0.1, 0.15) is 6.61 Å². The minimum atomic E-state index is 0.180. The van der Waals surface area contributed by atoms with Gasteiger partial charge in [0, 0.05) is 0 Å². The number of hydrogen-bond donors (Lipinski definition) is 1. The standard InChI is InChI=1S/C19H18O2/c1-13-6-5-7-14(2)17(13)12-21-19-11-16-9-4-3-8-15(16)10-18(19)20/h3-11,20H,12H2,1-2H3. The van der Waals surface area contributed by atoms with Gasteiger partial charge in [-0.2, -0.15) is 0 Å². The third-order valence-corrected chi connectivity index (χ3v) is 3.84. The Hall–Kier alpha value is -2.48. The molecule has 0 heterocycles. The Morgan fingerprint density at radius 2 is 1.48 bits per heavy atom. The number of rotatable bonds is 3. The van der Waals surface area contributed by atoms with E-state index in [1.165, 1.54) is 16.7 Å². The maximum Gasteiger partial charge on any atom is 0.162 e. The first-order chi connectivity index (χ1) is 10.1. The molecular weight excluding hydrogens is 260 g/mol. The molecule has 1 N–H and O–H groups in total. The van der Waals surface area contributed by atoms with Gasteiger partial charge in [-0.05, 0) is 53.4 Å². The van der Waals surface area contributed by atoms with Gasteiger partial charge in [-0.3, -0.25) is 0 Å². The van der Waals surface area contributed by atoms with Crippen molar-refractivity contribution < 1.29 is 9.84 Å². The predicted octanol–water partition coefficient (Wildman–Crippen LogP) is 4.74. The van der Waals surface area contributed by atoms with Crippen LogP contribution < -0.4 is 4.74 Å². The van der Waals surface area contributed by atoms with E-state index in [-0.39, 0.29) is 5.75 Å². The molecule has 106 valence electrons. The first-order valence-electron chi connectivity index (χ1n) is 7.05. The van der Waals surface area contributed by atoms with Crippen molar-refractivity contribution in [3.05, 3.63) is 71.3 Å². The van der Waals surface area contributed by atoms with Crippen LogP contribution in [0.5, 0.6) is 11.5 Å².